The van der Waals surface area contributed by atoms with E-state index >= 15 is 0 Å². The minimum absolute atomic E-state index is 0.0553. The number of ether oxygens (including phenoxy) is 1. The summed E-state index contributed by atoms with van der Waals surface area (Å²) in [6.45, 7) is 4.89. The van der Waals surface area contributed by atoms with Gasteiger partial charge in [0.05, 0.1) is 19.6 Å². The number of amides is 2. The number of nitrogens with zero attached hydrogens (tertiary/aromatic N) is 1. The Morgan fingerprint density at radius 2 is 1.90 bits per heavy atom. The van der Waals surface area contributed by atoms with Crippen LogP contribution in [0.3, 0.4) is 0 Å². The van der Waals surface area contributed by atoms with E-state index in [2.05, 4.69) is 5.32 Å². The molecule has 0 heterocycles. The van der Waals surface area contributed by atoms with Gasteiger partial charge in [-0.1, -0.05) is 0 Å². The zero-order valence-corrected chi connectivity index (χ0v) is 12.4. The van der Waals surface area contributed by atoms with Gasteiger partial charge in [0, 0.05) is 13.1 Å². The van der Waals surface area contributed by atoms with Gasteiger partial charge in [-0.05, 0) is 38.1 Å². The molecule has 0 radical (unpaired) electrons. The molecule has 5 nitrogen and oxygen atoms in total. The summed E-state index contributed by atoms with van der Waals surface area (Å²) in [5.74, 6) is -0.147. The molecule has 0 atom stereocenters. The highest BCUT2D eigenvalue weighted by atomic mass is 19.1. The average molecular weight is 296 g/mol. The van der Waals surface area contributed by atoms with E-state index in [0.29, 0.717) is 18.8 Å². The van der Waals surface area contributed by atoms with Gasteiger partial charge in [0.15, 0.2) is 0 Å². The molecule has 0 aliphatic rings. The van der Waals surface area contributed by atoms with Crippen LogP contribution in [0.4, 0.5) is 4.39 Å². The molecule has 116 valence electrons. The Morgan fingerprint density at radius 3 is 2.48 bits per heavy atom. The summed E-state index contributed by atoms with van der Waals surface area (Å²) >= 11 is 0. The van der Waals surface area contributed by atoms with E-state index in [1.54, 1.807) is 0 Å². The molecule has 1 N–H and O–H groups in total. The van der Waals surface area contributed by atoms with E-state index in [1.807, 2.05) is 13.8 Å². The van der Waals surface area contributed by atoms with Crippen molar-refractivity contribution in [1.82, 2.24) is 10.2 Å². The van der Waals surface area contributed by atoms with Crippen LogP contribution in [-0.2, 0) is 9.59 Å². The van der Waals surface area contributed by atoms with Crippen molar-refractivity contribution in [2.45, 2.75) is 20.3 Å². The van der Waals surface area contributed by atoms with Gasteiger partial charge in [-0.15, -0.1) is 0 Å². The lowest BCUT2D eigenvalue weighted by Crippen LogP contribution is -2.40. The minimum Gasteiger partial charge on any atom is -0.493 e. The van der Waals surface area contributed by atoms with Crippen molar-refractivity contribution < 1.29 is 18.7 Å². The summed E-state index contributed by atoms with van der Waals surface area (Å²) in [4.78, 5) is 24.9. The standard InChI is InChI=1S/C15H21FN2O3/c1-3-17-14(19)11-18(4-2)15(20)9-10-21-13-7-5-12(16)6-8-13/h5-8H,3-4,9-11H2,1-2H3,(H,17,19). The van der Waals surface area contributed by atoms with E-state index in [4.69, 9.17) is 4.74 Å². The molecule has 0 fully saturated rings. The second-order valence-corrected chi connectivity index (χ2v) is 4.41. The summed E-state index contributed by atoms with van der Waals surface area (Å²) in [6.07, 6.45) is 0.171. The lowest BCUT2D eigenvalue weighted by atomic mass is 10.3. The molecule has 0 aliphatic carbocycles. The van der Waals surface area contributed by atoms with Crippen LogP contribution in [-0.4, -0.2) is 43.0 Å². The topological polar surface area (TPSA) is 58.6 Å². The van der Waals surface area contributed by atoms with Gasteiger partial charge in [-0.3, -0.25) is 9.59 Å². The Hall–Kier alpha value is -2.11. The van der Waals surface area contributed by atoms with Gasteiger partial charge in [0.1, 0.15) is 11.6 Å². The van der Waals surface area contributed by atoms with Crippen molar-refractivity contribution in [2.24, 2.45) is 0 Å². The Labute approximate surface area is 124 Å². The maximum absolute atomic E-state index is 12.7. The van der Waals surface area contributed by atoms with Crippen molar-refractivity contribution in [3.05, 3.63) is 30.1 Å². The number of carbonyl (C=O) groups excluding carboxylic acids is 2. The van der Waals surface area contributed by atoms with Crippen molar-refractivity contribution in [3.8, 4) is 5.75 Å². The smallest absolute Gasteiger partial charge is 0.239 e. The molecule has 21 heavy (non-hydrogen) atoms. The number of carbonyl (C=O) groups is 2. The molecule has 0 aromatic heterocycles. The van der Waals surface area contributed by atoms with Crippen LogP contribution in [0.15, 0.2) is 24.3 Å². The molecular weight excluding hydrogens is 275 g/mol. The lowest BCUT2D eigenvalue weighted by molar-refractivity contribution is -0.136. The number of rotatable bonds is 8. The Balaban J connectivity index is 2.36. The van der Waals surface area contributed by atoms with Gasteiger partial charge < -0.3 is 15.0 Å². The number of benzene rings is 1. The summed E-state index contributed by atoms with van der Waals surface area (Å²) in [5.41, 5.74) is 0. The molecule has 0 aliphatic heterocycles. The zero-order chi connectivity index (χ0) is 15.7. The van der Waals surface area contributed by atoms with E-state index in [-0.39, 0.29) is 37.2 Å². The molecule has 0 spiro atoms. The van der Waals surface area contributed by atoms with Crippen LogP contribution >= 0.6 is 0 Å². The van der Waals surface area contributed by atoms with E-state index in [0.717, 1.165) is 0 Å². The third kappa shape index (κ3) is 6.25. The molecule has 0 saturated heterocycles. The summed E-state index contributed by atoms with van der Waals surface area (Å²) in [7, 11) is 0. The fourth-order valence-corrected chi connectivity index (χ4v) is 1.75. The van der Waals surface area contributed by atoms with E-state index < -0.39 is 0 Å². The highest BCUT2D eigenvalue weighted by Crippen LogP contribution is 2.11. The molecule has 1 rings (SSSR count). The molecule has 2 amide bonds. The molecule has 0 bridgehead atoms. The summed E-state index contributed by atoms with van der Waals surface area (Å²) in [6, 6.07) is 5.60. The molecule has 6 heteroatoms. The number of hydrogen-bond donors (Lipinski definition) is 1. The van der Waals surface area contributed by atoms with Crippen molar-refractivity contribution >= 4 is 11.8 Å². The van der Waals surface area contributed by atoms with Crippen LogP contribution in [0.25, 0.3) is 0 Å². The number of halogens is 1. The molecule has 1 aromatic rings. The highest BCUT2D eigenvalue weighted by molar-refractivity contribution is 5.84. The summed E-state index contributed by atoms with van der Waals surface area (Å²) < 4.78 is 18.1. The quantitative estimate of drug-likeness (QED) is 0.792. The van der Waals surface area contributed by atoms with Gasteiger partial charge in [0.25, 0.3) is 0 Å². The molecular formula is C15H21FN2O3. The predicted octanol–water partition coefficient (Wildman–Crippen LogP) is 1.58. The Kier molecular flexibility index (Phi) is 7.21. The first-order valence-electron chi connectivity index (χ1n) is 6.99. The fraction of sp³-hybridized carbons (Fsp3) is 0.467. The molecule has 0 saturated carbocycles. The summed E-state index contributed by atoms with van der Waals surface area (Å²) in [5, 5.41) is 2.65. The van der Waals surface area contributed by atoms with Gasteiger partial charge in [0.2, 0.25) is 11.8 Å². The van der Waals surface area contributed by atoms with Gasteiger partial charge in [-0.25, -0.2) is 4.39 Å². The third-order valence-electron chi connectivity index (χ3n) is 2.84. The normalized spacial score (nSPS) is 10.0. The van der Waals surface area contributed by atoms with Crippen molar-refractivity contribution in [2.75, 3.05) is 26.2 Å². The zero-order valence-electron chi connectivity index (χ0n) is 12.4. The van der Waals surface area contributed by atoms with Crippen LogP contribution in [0.2, 0.25) is 0 Å². The maximum Gasteiger partial charge on any atom is 0.239 e. The van der Waals surface area contributed by atoms with Crippen molar-refractivity contribution in [1.29, 1.82) is 0 Å². The van der Waals surface area contributed by atoms with Crippen molar-refractivity contribution in [3.63, 3.8) is 0 Å². The van der Waals surface area contributed by atoms with Crippen LogP contribution in [0, 0.1) is 5.82 Å². The largest absolute Gasteiger partial charge is 0.493 e. The number of nitrogens with one attached hydrogen (secondary N) is 1. The maximum atomic E-state index is 12.7. The molecule has 0 unspecified atom stereocenters. The second kappa shape index (κ2) is 8.94. The monoisotopic (exact) mass is 296 g/mol. The van der Waals surface area contributed by atoms with Crippen LogP contribution in [0.1, 0.15) is 20.3 Å². The minimum atomic E-state index is -0.336. The highest BCUT2D eigenvalue weighted by Gasteiger charge is 2.14. The average Bonchev–Trinajstić information content (AvgIpc) is 2.47. The first kappa shape index (κ1) is 16.9. The third-order valence-corrected chi connectivity index (χ3v) is 2.84. The number of likely N-dealkylation sites (N-methyl/N-ethyl adjacent to an activating group) is 2. The first-order chi connectivity index (χ1) is 10.1. The van der Waals surface area contributed by atoms with Crippen LogP contribution in [0.5, 0.6) is 5.75 Å². The van der Waals surface area contributed by atoms with Gasteiger partial charge >= 0.3 is 0 Å². The van der Waals surface area contributed by atoms with E-state index in [9.17, 15) is 14.0 Å². The lowest BCUT2D eigenvalue weighted by Gasteiger charge is -2.20. The molecule has 1 aromatic carbocycles. The Morgan fingerprint density at radius 1 is 1.24 bits per heavy atom. The van der Waals surface area contributed by atoms with E-state index in [1.165, 1.54) is 29.2 Å². The van der Waals surface area contributed by atoms with Crippen LogP contribution < -0.4 is 10.1 Å². The Bertz CT molecular complexity index is 462. The second-order valence-electron chi connectivity index (χ2n) is 4.41. The number of hydrogen-bond acceptors (Lipinski definition) is 3. The van der Waals surface area contributed by atoms with Gasteiger partial charge in [-0.2, -0.15) is 0 Å². The predicted molar refractivity (Wildman–Crippen MR) is 77.4 cm³/mol. The fourth-order valence-electron chi connectivity index (χ4n) is 1.75. The first-order valence-corrected chi connectivity index (χ1v) is 6.99. The SMILES string of the molecule is CCNC(=O)CN(CC)C(=O)CCOc1ccc(F)cc1.